The van der Waals surface area contributed by atoms with Gasteiger partial charge in [-0.2, -0.15) is 0 Å². The van der Waals surface area contributed by atoms with E-state index in [1.54, 1.807) is 0 Å². The number of benzene rings is 1. The van der Waals surface area contributed by atoms with Crippen LogP contribution in [0.15, 0.2) is 17.1 Å². The Kier molecular flexibility index (Phi) is 3.92. The highest BCUT2D eigenvalue weighted by molar-refractivity contribution is 6.38. The lowest BCUT2D eigenvalue weighted by molar-refractivity contribution is 0.253. The minimum absolute atomic E-state index is 0.0285. The number of nitrogens with one attached hydrogen (secondary N) is 1. The molecule has 0 aliphatic heterocycles. The fraction of sp³-hybridized carbons (Fsp3) is 0. The van der Waals surface area contributed by atoms with Crippen LogP contribution in [0.5, 0.6) is 0 Å². The first-order valence-corrected chi connectivity index (χ1v) is 4.71. The van der Waals surface area contributed by atoms with Gasteiger partial charge in [0.2, 0.25) is 5.96 Å². The summed E-state index contributed by atoms with van der Waals surface area (Å²) < 4.78 is 12.8. The number of hydrogen-bond acceptors (Lipinski definition) is 2. The summed E-state index contributed by atoms with van der Waals surface area (Å²) in [5, 5.41) is 1.96. The van der Waals surface area contributed by atoms with Crippen LogP contribution in [0.1, 0.15) is 0 Å². The summed E-state index contributed by atoms with van der Waals surface area (Å²) in [7, 11) is 0. The Bertz CT molecular complexity index is 440. The number of nitrogens with zero attached hydrogens (tertiary/aromatic N) is 1. The predicted octanol–water partition coefficient (Wildman–Crippen LogP) is 1.75. The van der Waals surface area contributed by atoms with Crippen LogP contribution in [0.4, 0.5) is 14.9 Å². The molecule has 0 bridgehead atoms. The molecule has 0 spiro atoms. The summed E-state index contributed by atoms with van der Waals surface area (Å²) in [5.74, 6) is -0.890. The second-order valence-corrected chi connectivity index (χ2v) is 3.52. The fourth-order valence-electron chi connectivity index (χ4n) is 0.916. The van der Waals surface area contributed by atoms with E-state index in [0.717, 1.165) is 12.1 Å². The molecule has 0 saturated heterocycles. The van der Waals surface area contributed by atoms with Gasteiger partial charge in [0.25, 0.3) is 0 Å². The molecule has 0 radical (unpaired) electrons. The SMILES string of the molecule is NC(=O)NC(N)=Nc1c(Cl)cc(F)cc1Cl. The third kappa shape index (κ3) is 3.25. The smallest absolute Gasteiger partial charge is 0.318 e. The van der Waals surface area contributed by atoms with Gasteiger partial charge in [-0.25, -0.2) is 14.2 Å². The zero-order valence-electron chi connectivity index (χ0n) is 7.80. The topological polar surface area (TPSA) is 93.5 Å². The maximum Gasteiger partial charge on any atom is 0.318 e. The number of hydrogen-bond donors (Lipinski definition) is 3. The average molecular weight is 265 g/mol. The van der Waals surface area contributed by atoms with Gasteiger partial charge < -0.3 is 11.5 Å². The average Bonchev–Trinajstić information content (AvgIpc) is 2.09. The second kappa shape index (κ2) is 5.00. The molecule has 0 aliphatic carbocycles. The van der Waals surface area contributed by atoms with Crippen molar-refractivity contribution in [3.63, 3.8) is 0 Å². The van der Waals surface area contributed by atoms with Crippen LogP contribution >= 0.6 is 23.2 Å². The number of nitrogens with two attached hydrogens (primary N) is 2. The van der Waals surface area contributed by atoms with Gasteiger partial charge in [0, 0.05) is 0 Å². The maximum absolute atomic E-state index is 12.8. The van der Waals surface area contributed by atoms with E-state index in [2.05, 4.69) is 4.99 Å². The minimum Gasteiger partial charge on any atom is -0.369 e. The summed E-state index contributed by atoms with van der Waals surface area (Å²) >= 11 is 11.4. The monoisotopic (exact) mass is 264 g/mol. The van der Waals surface area contributed by atoms with Crippen molar-refractivity contribution < 1.29 is 9.18 Å². The molecule has 1 aromatic rings. The number of urea groups is 1. The third-order valence-electron chi connectivity index (χ3n) is 1.47. The number of carbonyl (C=O) groups excluding carboxylic acids is 1. The number of carbonyl (C=O) groups is 1. The molecular formula is C8H7Cl2FN4O. The molecule has 0 atom stereocenters. The van der Waals surface area contributed by atoms with Crippen LogP contribution in [0.2, 0.25) is 10.0 Å². The Morgan fingerprint density at radius 1 is 1.31 bits per heavy atom. The van der Waals surface area contributed by atoms with Crippen LogP contribution in [-0.4, -0.2) is 12.0 Å². The maximum atomic E-state index is 12.8. The standard InChI is InChI=1S/C8H7Cl2FN4O/c9-4-1-3(11)2-5(10)6(4)14-7(12)15-8(13)16/h1-2H,(H5,12,13,14,15,16). The molecule has 16 heavy (non-hydrogen) atoms. The lowest BCUT2D eigenvalue weighted by atomic mass is 10.3. The largest absolute Gasteiger partial charge is 0.369 e. The molecule has 2 amide bonds. The molecule has 0 aliphatic rings. The van der Waals surface area contributed by atoms with Gasteiger partial charge in [0.1, 0.15) is 11.5 Å². The molecule has 8 heteroatoms. The van der Waals surface area contributed by atoms with E-state index in [0.29, 0.717) is 0 Å². The first kappa shape index (κ1) is 12.5. The Labute approximate surface area is 100 Å². The van der Waals surface area contributed by atoms with Crippen molar-refractivity contribution in [3.8, 4) is 0 Å². The van der Waals surface area contributed by atoms with Crippen molar-refractivity contribution in [2.75, 3.05) is 0 Å². The number of primary amides is 1. The van der Waals surface area contributed by atoms with Crippen molar-refractivity contribution in [2.45, 2.75) is 0 Å². The summed E-state index contributed by atoms with van der Waals surface area (Å²) in [6.45, 7) is 0. The van der Waals surface area contributed by atoms with Gasteiger partial charge in [0.15, 0.2) is 0 Å². The Balaban J connectivity index is 3.10. The molecule has 0 unspecified atom stereocenters. The molecular weight excluding hydrogens is 258 g/mol. The first-order chi connectivity index (χ1) is 7.40. The molecule has 5 nitrogen and oxygen atoms in total. The van der Waals surface area contributed by atoms with Gasteiger partial charge in [-0.15, -0.1) is 0 Å². The quantitative estimate of drug-likeness (QED) is 0.533. The van der Waals surface area contributed by atoms with Crippen molar-refractivity contribution in [3.05, 3.63) is 28.0 Å². The van der Waals surface area contributed by atoms with E-state index in [1.807, 2.05) is 5.32 Å². The molecule has 1 aromatic carbocycles. The van der Waals surface area contributed by atoms with E-state index < -0.39 is 11.8 Å². The molecule has 0 fully saturated rings. The molecule has 5 N–H and O–H groups in total. The summed E-state index contributed by atoms with van der Waals surface area (Å²) in [4.78, 5) is 14.1. The number of halogens is 3. The highest BCUT2D eigenvalue weighted by Crippen LogP contribution is 2.33. The number of guanidine groups is 1. The van der Waals surface area contributed by atoms with Crippen molar-refractivity contribution in [1.29, 1.82) is 0 Å². The highest BCUT2D eigenvalue weighted by Gasteiger charge is 2.08. The van der Waals surface area contributed by atoms with Gasteiger partial charge in [-0.1, -0.05) is 23.2 Å². The van der Waals surface area contributed by atoms with E-state index in [1.165, 1.54) is 0 Å². The van der Waals surface area contributed by atoms with Crippen molar-refractivity contribution in [1.82, 2.24) is 5.32 Å². The van der Waals surface area contributed by atoms with Crippen molar-refractivity contribution in [2.24, 2.45) is 16.5 Å². The zero-order chi connectivity index (χ0) is 12.3. The molecule has 0 aromatic heterocycles. The first-order valence-electron chi connectivity index (χ1n) is 3.95. The number of aliphatic imine (C=N–C) groups is 1. The van der Waals surface area contributed by atoms with E-state index >= 15 is 0 Å². The van der Waals surface area contributed by atoms with Gasteiger partial charge >= 0.3 is 6.03 Å². The zero-order valence-corrected chi connectivity index (χ0v) is 9.31. The van der Waals surface area contributed by atoms with E-state index in [-0.39, 0.29) is 21.7 Å². The summed E-state index contributed by atoms with van der Waals surface area (Å²) in [5.41, 5.74) is 10.2. The second-order valence-electron chi connectivity index (χ2n) is 2.70. The normalized spacial score (nSPS) is 11.3. The number of rotatable bonds is 1. The molecule has 0 saturated carbocycles. The van der Waals surface area contributed by atoms with Crippen LogP contribution in [0.25, 0.3) is 0 Å². The van der Waals surface area contributed by atoms with Crippen LogP contribution in [0.3, 0.4) is 0 Å². The van der Waals surface area contributed by atoms with Gasteiger partial charge in [-0.05, 0) is 12.1 Å². The minimum atomic E-state index is -0.879. The fourth-order valence-corrected chi connectivity index (χ4v) is 1.46. The third-order valence-corrected chi connectivity index (χ3v) is 2.04. The lowest BCUT2D eigenvalue weighted by Gasteiger charge is -2.04. The van der Waals surface area contributed by atoms with Crippen LogP contribution < -0.4 is 16.8 Å². The van der Waals surface area contributed by atoms with Crippen molar-refractivity contribution >= 4 is 40.9 Å². The van der Waals surface area contributed by atoms with Gasteiger partial charge in [0.05, 0.1) is 10.0 Å². The lowest BCUT2D eigenvalue weighted by Crippen LogP contribution is -2.39. The summed E-state index contributed by atoms with van der Waals surface area (Å²) in [6.07, 6.45) is 0. The molecule has 86 valence electrons. The van der Waals surface area contributed by atoms with Gasteiger partial charge in [-0.3, -0.25) is 5.32 Å². The summed E-state index contributed by atoms with van der Waals surface area (Å²) in [6, 6.07) is 1.16. The Hall–Kier alpha value is -1.53. The predicted molar refractivity (Wildman–Crippen MR) is 60.4 cm³/mol. The highest BCUT2D eigenvalue weighted by atomic mass is 35.5. The molecule has 0 heterocycles. The number of amides is 2. The Morgan fingerprint density at radius 2 is 1.81 bits per heavy atom. The molecule has 1 rings (SSSR count). The Morgan fingerprint density at radius 3 is 2.25 bits per heavy atom. The van der Waals surface area contributed by atoms with Crippen LogP contribution in [-0.2, 0) is 0 Å². The van der Waals surface area contributed by atoms with Crippen LogP contribution in [0, 0.1) is 5.82 Å². The van der Waals surface area contributed by atoms with E-state index in [9.17, 15) is 9.18 Å². The van der Waals surface area contributed by atoms with E-state index in [4.69, 9.17) is 34.7 Å².